The van der Waals surface area contributed by atoms with E-state index in [2.05, 4.69) is 25.2 Å². The van der Waals surface area contributed by atoms with Crippen LogP contribution in [0.4, 0.5) is 5.69 Å². The molecule has 0 saturated heterocycles. The fraction of sp³-hybridized carbons (Fsp3) is 0.312. The Morgan fingerprint density at radius 2 is 2.10 bits per heavy atom. The number of carboxylic acid groups (broad SMARTS) is 1. The first-order valence-electron chi connectivity index (χ1n) is 6.74. The van der Waals surface area contributed by atoms with Gasteiger partial charge in [-0.15, -0.1) is 11.3 Å². The summed E-state index contributed by atoms with van der Waals surface area (Å²) in [7, 11) is 1.58. The van der Waals surface area contributed by atoms with Crippen molar-refractivity contribution < 1.29 is 14.6 Å². The lowest BCUT2D eigenvalue weighted by atomic mass is 10.0. The fourth-order valence-corrected chi connectivity index (χ4v) is 3.11. The van der Waals surface area contributed by atoms with Crippen LogP contribution in [0.2, 0.25) is 0 Å². The van der Waals surface area contributed by atoms with Gasteiger partial charge in [-0.2, -0.15) is 0 Å². The topological polar surface area (TPSA) is 58.6 Å². The minimum Gasteiger partial charge on any atom is -0.495 e. The maximum atomic E-state index is 11.1. The van der Waals surface area contributed by atoms with Gasteiger partial charge in [0.15, 0.2) is 0 Å². The number of rotatable bonds is 6. The molecule has 2 N–H and O–H groups in total. The second-order valence-corrected chi connectivity index (χ2v) is 6.08. The van der Waals surface area contributed by atoms with E-state index in [9.17, 15) is 4.79 Å². The van der Waals surface area contributed by atoms with Gasteiger partial charge in [0.25, 0.3) is 0 Å². The van der Waals surface area contributed by atoms with E-state index >= 15 is 0 Å². The van der Waals surface area contributed by atoms with Gasteiger partial charge < -0.3 is 15.2 Å². The molecule has 5 heteroatoms. The lowest BCUT2D eigenvalue weighted by Crippen LogP contribution is -2.16. The predicted octanol–water partition coefficient (Wildman–Crippen LogP) is 4.26. The number of hydrogen-bond donors (Lipinski definition) is 2. The molecule has 4 nitrogen and oxygen atoms in total. The van der Waals surface area contributed by atoms with E-state index in [1.807, 2.05) is 11.4 Å². The molecule has 0 fully saturated rings. The molecule has 2 aromatic rings. The summed E-state index contributed by atoms with van der Waals surface area (Å²) in [6.45, 7) is 4.26. The Morgan fingerprint density at radius 1 is 1.33 bits per heavy atom. The molecule has 0 aliphatic rings. The number of methoxy groups -OCH3 is 1. The highest BCUT2D eigenvalue weighted by atomic mass is 32.1. The average Bonchev–Trinajstić information content (AvgIpc) is 2.97. The molecule has 1 aromatic carbocycles. The van der Waals surface area contributed by atoms with Gasteiger partial charge in [-0.05, 0) is 35.6 Å². The van der Waals surface area contributed by atoms with Crippen molar-refractivity contribution in [2.24, 2.45) is 5.92 Å². The van der Waals surface area contributed by atoms with E-state index in [1.54, 1.807) is 36.6 Å². The summed E-state index contributed by atoms with van der Waals surface area (Å²) >= 11 is 1.68. The molecule has 1 heterocycles. The van der Waals surface area contributed by atoms with Crippen LogP contribution in [0.5, 0.6) is 5.75 Å². The Labute approximate surface area is 128 Å². The van der Waals surface area contributed by atoms with Crippen LogP contribution in [0.3, 0.4) is 0 Å². The third kappa shape index (κ3) is 3.55. The molecule has 0 radical (unpaired) electrons. The molecule has 0 bridgehead atoms. The minimum atomic E-state index is -0.946. The van der Waals surface area contributed by atoms with Gasteiger partial charge in [0.2, 0.25) is 0 Å². The van der Waals surface area contributed by atoms with Crippen LogP contribution >= 0.6 is 11.3 Å². The number of aromatic carboxylic acids is 1. The molecule has 0 amide bonds. The zero-order valence-electron chi connectivity index (χ0n) is 12.3. The highest BCUT2D eigenvalue weighted by Gasteiger charge is 2.19. The zero-order chi connectivity index (χ0) is 15.4. The summed E-state index contributed by atoms with van der Waals surface area (Å²) < 4.78 is 5.33. The van der Waals surface area contributed by atoms with Crippen molar-refractivity contribution in [2.75, 3.05) is 12.4 Å². The molecule has 0 aliphatic heterocycles. The summed E-state index contributed by atoms with van der Waals surface area (Å²) in [5.74, 6) is 0.0574. The molecule has 21 heavy (non-hydrogen) atoms. The standard InChI is InChI=1S/C16H19NO3S/c1-10(2)15(14-5-4-8-21-14)17-12-9-11(16(18)19)6-7-13(12)20-3/h4-10,15,17H,1-3H3,(H,18,19). The Balaban J connectivity index is 2.35. The summed E-state index contributed by atoms with van der Waals surface area (Å²) in [4.78, 5) is 12.4. The highest BCUT2D eigenvalue weighted by molar-refractivity contribution is 7.10. The number of thiophene rings is 1. The van der Waals surface area contributed by atoms with Gasteiger partial charge in [-0.3, -0.25) is 0 Å². The van der Waals surface area contributed by atoms with Crippen LogP contribution in [0, 0.1) is 5.92 Å². The summed E-state index contributed by atoms with van der Waals surface area (Å²) in [5, 5.41) is 14.6. The lowest BCUT2D eigenvalue weighted by molar-refractivity contribution is 0.0697. The third-order valence-electron chi connectivity index (χ3n) is 3.27. The molecule has 2 rings (SSSR count). The first kappa shape index (κ1) is 15.4. The zero-order valence-corrected chi connectivity index (χ0v) is 13.1. The maximum Gasteiger partial charge on any atom is 0.335 e. The van der Waals surface area contributed by atoms with Crippen molar-refractivity contribution in [3.63, 3.8) is 0 Å². The monoisotopic (exact) mass is 305 g/mol. The van der Waals surface area contributed by atoms with Gasteiger partial charge in [-0.1, -0.05) is 19.9 Å². The molecule has 0 aliphatic carbocycles. The maximum absolute atomic E-state index is 11.1. The van der Waals surface area contributed by atoms with Crippen molar-refractivity contribution in [1.29, 1.82) is 0 Å². The lowest BCUT2D eigenvalue weighted by Gasteiger charge is -2.24. The van der Waals surface area contributed by atoms with Crippen LogP contribution in [0.1, 0.15) is 35.1 Å². The van der Waals surface area contributed by atoms with Crippen LogP contribution in [0.15, 0.2) is 35.7 Å². The van der Waals surface area contributed by atoms with Crippen molar-refractivity contribution in [3.8, 4) is 5.75 Å². The van der Waals surface area contributed by atoms with E-state index in [1.165, 1.54) is 4.88 Å². The number of carbonyl (C=O) groups is 1. The van der Waals surface area contributed by atoms with Crippen LogP contribution in [-0.4, -0.2) is 18.2 Å². The average molecular weight is 305 g/mol. The van der Waals surface area contributed by atoms with Gasteiger partial charge in [0.1, 0.15) is 5.75 Å². The van der Waals surface area contributed by atoms with E-state index in [-0.39, 0.29) is 11.6 Å². The first-order chi connectivity index (χ1) is 10.0. The normalized spacial score (nSPS) is 12.2. The Kier molecular flexibility index (Phi) is 4.85. The number of ether oxygens (including phenoxy) is 1. The van der Waals surface area contributed by atoms with Crippen molar-refractivity contribution in [1.82, 2.24) is 0 Å². The van der Waals surface area contributed by atoms with Crippen LogP contribution < -0.4 is 10.1 Å². The van der Waals surface area contributed by atoms with Crippen molar-refractivity contribution >= 4 is 23.0 Å². The fourth-order valence-electron chi connectivity index (χ4n) is 2.16. The number of carboxylic acids is 1. The Bertz CT molecular complexity index is 608. The van der Waals surface area contributed by atoms with Crippen molar-refractivity contribution in [2.45, 2.75) is 19.9 Å². The predicted molar refractivity (Wildman–Crippen MR) is 85.5 cm³/mol. The van der Waals surface area contributed by atoms with E-state index < -0.39 is 5.97 Å². The molecule has 0 saturated carbocycles. The largest absolute Gasteiger partial charge is 0.495 e. The smallest absolute Gasteiger partial charge is 0.335 e. The number of benzene rings is 1. The first-order valence-corrected chi connectivity index (χ1v) is 7.62. The van der Waals surface area contributed by atoms with E-state index in [4.69, 9.17) is 9.84 Å². The quantitative estimate of drug-likeness (QED) is 0.837. The number of hydrogen-bond acceptors (Lipinski definition) is 4. The molecule has 1 atom stereocenters. The Hall–Kier alpha value is -2.01. The minimum absolute atomic E-state index is 0.114. The summed E-state index contributed by atoms with van der Waals surface area (Å²) in [6.07, 6.45) is 0. The van der Waals surface area contributed by atoms with Crippen LogP contribution in [0.25, 0.3) is 0 Å². The van der Waals surface area contributed by atoms with Gasteiger partial charge in [-0.25, -0.2) is 4.79 Å². The second kappa shape index (κ2) is 6.63. The molecule has 112 valence electrons. The second-order valence-electron chi connectivity index (χ2n) is 5.10. The van der Waals surface area contributed by atoms with Gasteiger partial charge in [0, 0.05) is 4.88 Å². The van der Waals surface area contributed by atoms with Gasteiger partial charge >= 0.3 is 5.97 Å². The summed E-state index contributed by atoms with van der Waals surface area (Å²) in [6, 6.07) is 9.05. The third-order valence-corrected chi connectivity index (χ3v) is 4.23. The van der Waals surface area contributed by atoms with Gasteiger partial charge in [0.05, 0.1) is 24.4 Å². The molecular weight excluding hydrogens is 286 g/mol. The molecule has 0 spiro atoms. The Morgan fingerprint density at radius 3 is 2.62 bits per heavy atom. The number of anilines is 1. The van der Waals surface area contributed by atoms with Crippen LogP contribution in [-0.2, 0) is 0 Å². The number of nitrogens with one attached hydrogen (secondary N) is 1. The molecule has 1 unspecified atom stereocenters. The SMILES string of the molecule is COc1ccc(C(=O)O)cc1NC(c1cccs1)C(C)C. The molecular formula is C16H19NO3S. The highest BCUT2D eigenvalue weighted by Crippen LogP contribution is 2.34. The van der Waals surface area contributed by atoms with E-state index in [0.717, 1.165) is 0 Å². The summed E-state index contributed by atoms with van der Waals surface area (Å²) in [5.41, 5.74) is 0.941. The van der Waals surface area contributed by atoms with E-state index in [0.29, 0.717) is 17.4 Å². The molecule has 1 aromatic heterocycles. The van der Waals surface area contributed by atoms with Crippen molar-refractivity contribution in [3.05, 3.63) is 46.2 Å².